The van der Waals surface area contributed by atoms with Gasteiger partial charge in [0.25, 0.3) is 0 Å². The van der Waals surface area contributed by atoms with Gasteiger partial charge < -0.3 is 18.1 Å². The molecule has 5 heteroatoms. The molecule has 2 aromatic heterocycles. The van der Waals surface area contributed by atoms with Gasteiger partial charge in [0.15, 0.2) is 0 Å². The van der Waals surface area contributed by atoms with Crippen LogP contribution < -0.4 is 5.46 Å². The van der Waals surface area contributed by atoms with Gasteiger partial charge in [0.1, 0.15) is 22.3 Å². The molecule has 5 aromatic carbocycles. The minimum atomic E-state index is -0.438. The highest BCUT2D eigenvalue weighted by Crippen LogP contribution is 2.43. The van der Waals surface area contributed by atoms with E-state index in [0.717, 1.165) is 71.2 Å². The molecule has 0 N–H and O–H groups in total. The molecule has 1 aliphatic heterocycles. The molecule has 1 aliphatic rings. The Bertz CT molecular complexity index is 2080. The standard InChI is InChI=1S/C34H27BO4/c1-33(2)34(3,4)39-35(38-33)21-16-18-23-25-12-8-13-26(31(25)37-29(23)19-21)24-11-7-9-20-15-17-27-22-10-5-6-14-28(22)36-32(27)30(20)24/h5-19H,1-4H3. The maximum absolute atomic E-state index is 6.62. The first-order chi connectivity index (χ1) is 18.8. The summed E-state index contributed by atoms with van der Waals surface area (Å²) >= 11 is 0. The molecule has 8 rings (SSSR count). The van der Waals surface area contributed by atoms with E-state index < -0.39 is 18.3 Å². The average Bonchev–Trinajstić information content (AvgIpc) is 3.56. The summed E-state index contributed by atoms with van der Waals surface area (Å²) in [7, 11) is -0.438. The molecule has 0 bridgehead atoms. The summed E-state index contributed by atoms with van der Waals surface area (Å²) in [4.78, 5) is 0. The van der Waals surface area contributed by atoms with E-state index in [1.54, 1.807) is 0 Å². The van der Waals surface area contributed by atoms with Gasteiger partial charge in [-0.2, -0.15) is 0 Å². The predicted octanol–water partition coefficient (Wildman–Crippen LogP) is 8.60. The van der Waals surface area contributed by atoms with Gasteiger partial charge in [-0.25, -0.2) is 0 Å². The molecule has 0 radical (unpaired) electrons. The molecule has 1 saturated heterocycles. The van der Waals surface area contributed by atoms with E-state index in [0.29, 0.717) is 0 Å². The van der Waals surface area contributed by atoms with Crippen LogP contribution in [0, 0.1) is 0 Å². The highest BCUT2D eigenvalue weighted by molar-refractivity contribution is 6.62. The van der Waals surface area contributed by atoms with Crippen molar-refractivity contribution in [3.8, 4) is 11.1 Å². The second-order valence-electron chi connectivity index (χ2n) is 11.6. The van der Waals surface area contributed by atoms with Crippen molar-refractivity contribution in [1.82, 2.24) is 0 Å². The van der Waals surface area contributed by atoms with Crippen LogP contribution in [0.5, 0.6) is 0 Å². The smallest absolute Gasteiger partial charge is 0.455 e. The zero-order valence-corrected chi connectivity index (χ0v) is 22.4. The topological polar surface area (TPSA) is 44.7 Å². The van der Waals surface area contributed by atoms with Gasteiger partial charge in [-0.3, -0.25) is 0 Å². The van der Waals surface area contributed by atoms with Crippen LogP contribution in [0.4, 0.5) is 0 Å². The Morgan fingerprint density at radius 2 is 1.18 bits per heavy atom. The van der Waals surface area contributed by atoms with Gasteiger partial charge in [0, 0.05) is 32.5 Å². The highest BCUT2D eigenvalue weighted by Gasteiger charge is 2.51. The van der Waals surface area contributed by atoms with E-state index in [4.69, 9.17) is 18.1 Å². The van der Waals surface area contributed by atoms with Crippen LogP contribution in [0.3, 0.4) is 0 Å². The number of rotatable bonds is 2. The molecule has 3 heterocycles. The van der Waals surface area contributed by atoms with Crippen LogP contribution in [0.2, 0.25) is 0 Å². The Balaban J connectivity index is 1.34. The highest BCUT2D eigenvalue weighted by atomic mass is 16.7. The summed E-state index contributed by atoms with van der Waals surface area (Å²) in [6.45, 7) is 8.29. The number of para-hydroxylation sites is 2. The molecule has 0 saturated carbocycles. The monoisotopic (exact) mass is 510 g/mol. The number of hydrogen-bond acceptors (Lipinski definition) is 4. The Morgan fingerprint density at radius 1 is 0.538 bits per heavy atom. The Labute approximate surface area is 226 Å². The van der Waals surface area contributed by atoms with Crippen LogP contribution in [-0.4, -0.2) is 18.3 Å². The minimum Gasteiger partial charge on any atom is -0.455 e. The lowest BCUT2D eigenvalue weighted by Crippen LogP contribution is -2.41. The summed E-state index contributed by atoms with van der Waals surface area (Å²) in [5.41, 5.74) is 5.77. The summed E-state index contributed by atoms with van der Waals surface area (Å²) in [5.74, 6) is 0. The molecule has 190 valence electrons. The predicted molar refractivity (Wildman–Crippen MR) is 160 cm³/mol. The first-order valence-electron chi connectivity index (χ1n) is 13.4. The summed E-state index contributed by atoms with van der Waals surface area (Å²) in [6, 6.07) is 31.6. The zero-order valence-electron chi connectivity index (χ0n) is 22.4. The molecule has 0 unspecified atom stereocenters. The second kappa shape index (κ2) is 7.75. The lowest BCUT2D eigenvalue weighted by atomic mass is 9.79. The van der Waals surface area contributed by atoms with Crippen molar-refractivity contribution >= 4 is 67.2 Å². The fourth-order valence-corrected chi connectivity index (χ4v) is 5.93. The maximum Gasteiger partial charge on any atom is 0.494 e. The first-order valence-corrected chi connectivity index (χ1v) is 13.4. The molecule has 0 spiro atoms. The quantitative estimate of drug-likeness (QED) is 0.219. The Morgan fingerprint density at radius 3 is 2.03 bits per heavy atom. The second-order valence-corrected chi connectivity index (χ2v) is 11.6. The van der Waals surface area contributed by atoms with E-state index in [2.05, 4.69) is 107 Å². The number of furan rings is 2. The minimum absolute atomic E-state index is 0.399. The van der Waals surface area contributed by atoms with Crippen molar-refractivity contribution in [2.24, 2.45) is 0 Å². The molecule has 7 aromatic rings. The third-order valence-electron chi connectivity index (χ3n) is 8.73. The van der Waals surface area contributed by atoms with Crippen molar-refractivity contribution in [2.75, 3.05) is 0 Å². The SMILES string of the molecule is CC1(C)OB(c2ccc3c(c2)oc2c(-c4cccc5ccc6c7ccccc7oc6c45)cccc23)OC1(C)C. The van der Waals surface area contributed by atoms with E-state index >= 15 is 0 Å². The summed E-state index contributed by atoms with van der Waals surface area (Å²) < 4.78 is 25.7. The van der Waals surface area contributed by atoms with Gasteiger partial charge in [0.2, 0.25) is 0 Å². The van der Waals surface area contributed by atoms with E-state index in [1.807, 2.05) is 12.1 Å². The molecular formula is C34H27BO4. The third-order valence-corrected chi connectivity index (χ3v) is 8.73. The molecule has 4 nitrogen and oxygen atoms in total. The van der Waals surface area contributed by atoms with E-state index in [-0.39, 0.29) is 0 Å². The van der Waals surface area contributed by atoms with Crippen molar-refractivity contribution in [1.29, 1.82) is 0 Å². The Hall–Kier alpha value is -4.06. The Kier molecular flexibility index (Phi) is 4.55. The van der Waals surface area contributed by atoms with Gasteiger partial charge >= 0.3 is 7.12 Å². The molecule has 39 heavy (non-hydrogen) atoms. The van der Waals surface area contributed by atoms with Crippen molar-refractivity contribution in [3.05, 3.63) is 91.0 Å². The van der Waals surface area contributed by atoms with Crippen LogP contribution in [-0.2, 0) is 9.31 Å². The van der Waals surface area contributed by atoms with E-state index in [1.165, 1.54) is 0 Å². The molecule has 0 aliphatic carbocycles. The average molecular weight is 510 g/mol. The third kappa shape index (κ3) is 3.21. The van der Waals surface area contributed by atoms with Crippen molar-refractivity contribution in [3.63, 3.8) is 0 Å². The molecular weight excluding hydrogens is 483 g/mol. The van der Waals surface area contributed by atoms with Crippen LogP contribution >= 0.6 is 0 Å². The van der Waals surface area contributed by atoms with E-state index in [9.17, 15) is 0 Å². The van der Waals surface area contributed by atoms with Gasteiger partial charge in [-0.15, -0.1) is 0 Å². The lowest BCUT2D eigenvalue weighted by molar-refractivity contribution is 0.00578. The lowest BCUT2D eigenvalue weighted by Gasteiger charge is -2.32. The number of hydrogen-bond donors (Lipinski definition) is 0. The zero-order chi connectivity index (χ0) is 26.5. The largest absolute Gasteiger partial charge is 0.494 e. The van der Waals surface area contributed by atoms with Crippen LogP contribution in [0.1, 0.15) is 27.7 Å². The van der Waals surface area contributed by atoms with Crippen molar-refractivity contribution < 1.29 is 18.1 Å². The maximum atomic E-state index is 6.62. The normalized spacial score (nSPS) is 16.9. The number of benzene rings is 5. The first kappa shape index (κ1) is 22.9. The fraction of sp³-hybridized carbons (Fsp3) is 0.176. The van der Waals surface area contributed by atoms with Gasteiger partial charge in [-0.1, -0.05) is 72.8 Å². The van der Waals surface area contributed by atoms with Crippen LogP contribution in [0.25, 0.3) is 65.8 Å². The molecule has 0 amide bonds. The van der Waals surface area contributed by atoms with Crippen molar-refractivity contribution in [2.45, 2.75) is 38.9 Å². The van der Waals surface area contributed by atoms with Gasteiger partial charge in [-0.05, 0) is 62.3 Å². The number of fused-ring (bicyclic) bond motifs is 8. The fourth-order valence-electron chi connectivity index (χ4n) is 5.93. The summed E-state index contributed by atoms with van der Waals surface area (Å²) in [6.07, 6.45) is 0. The molecule has 0 atom stereocenters. The van der Waals surface area contributed by atoms with Crippen LogP contribution in [0.15, 0.2) is 99.8 Å². The summed E-state index contributed by atoms with van der Waals surface area (Å²) in [5, 5.41) is 6.63. The van der Waals surface area contributed by atoms with Gasteiger partial charge in [0.05, 0.1) is 11.2 Å². The molecule has 1 fully saturated rings.